The molecule has 2 aromatic carbocycles. The van der Waals surface area contributed by atoms with E-state index in [1.165, 1.54) is 4.90 Å². The molecule has 2 amide bonds. The van der Waals surface area contributed by atoms with E-state index in [1.54, 1.807) is 48.5 Å². The maximum absolute atomic E-state index is 13.5. The number of sulfonamides is 1. The first kappa shape index (κ1) is 26.7. The van der Waals surface area contributed by atoms with Crippen LogP contribution in [0.25, 0.3) is 0 Å². The van der Waals surface area contributed by atoms with Crippen LogP contribution >= 0.6 is 11.6 Å². The number of amides is 2. The Morgan fingerprint density at radius 3 is 2.15 bits per heavy atom. The molecule has 180 valence electrons. The molecule has 0 aromatic heterocycles. The summed E-state index contributed by atoms with van der Waals surface area (Å²) in [7, 11) is -3.74. The highest BCUT2D eigenvalue weighted by molar-refractivity contribution is 7.92. The van der Waals surface area contributed by atoms with Crippen molar-refractivity contribution in [3.8, 4) is 0 Å². The SMILES string of the molecule is CCCNC(=O)[C@H](CC)N(Cc1ccc(Cl)cc1)C(=O)CN(c1ccc(C)cc1)S(C)(=O)=O. The van der Waals surface area contributed by atoms with Gasteiger partial charge in [0.15, 0.2) is 0 Å². The first-order valence-corrected chi connectivity index (χ1v) is 13.2. The zero-order valence-electron chi connectivity index (χ0n) is 19.5. The van der Waals surface area contributed by atoms with E-state index in [4.69, 9.17) is 11.6 Å². The zero-order valence-corrected chi connectivity index (χ0v) is 21.1. The Hall–Kier alpha value is -2.58. The van der Waals surface area contributed by atoms with E-state index < -0.39 is 28.5 Å². The summed E-state index contributed by atoms with van der Waals surface area (Å²) in [5, 5.41) is 3.41. The van der Waals surface area contributed by atoms with Crippen LogP contribution in [0.15, 0.2) is 48.5 Å². The smallest absolute Gasteiger partial charge is 0.244 e. The fraction of sp³-hybridized carbons (Fsp3) is 0.417. The van der Waals surface area contributed by atoms with E-state index in [0.717, 1.165) is 28.1 Å². The average Bonchev–Trinajstić information content (AvgIpc) is 2.77. The van der Waals surface area contributed by atoms with Crippen LogP contribution in [0.2, 0.25) is 5.02 Å². The van der Waals surface area contributed by atoms with Crippen LogP contribution in [0.1, 0.15) is 37.8 Å². The Labute approximate surface area is 201 Å². The molecule has 33 heavy (non-hydrogen) atoms. The number of aryl methyl sites for hydroxylation is 1. The fourth-order valence-electron chi connectivity index (χ4n) is 3.40. The van der Waals surface area contributed by atoms with Crippen LogP contribution < -0.4 is 9.62 Å². The van der Waals surface area contributed by atoms with Gasteiger partial charge in [0.1, 0.15) is 12.6 Å². The molecule has 0 radical (unpaired) electrons. The van der Waals surface area contributed by atoms with Gasteiger partial charge in [-0.1, -0.05) is 55.3 Å². The van der Waals surface area contributed by atoms with Crippen molar-refractivity contribution in [1.29, 1.82) is 0 Å². The van der Waals surface area contributed by atoms with E-state index in [0.29, 0.717) is 23.7 Å². The molecule has 1 N–H and O–H groups in total. The molecular weight excluding hydrogens is 462 g/mol. The summed E-state index contributed by atoms with van der Waals surface area (Å²) in [6.07, 6.45) is 2.22. The van der Waals surface area contributed by atoms with Crippen molar-refractivity contribution in [2.45, 2.75) is 46.2 Å². The van der Waals surface area contributed by atoms with E-state index in [1.807, 2.05) is 20.8 Å². The molecule has 0 fully saturated rings. The number of rotatable bonds is 11. The van der Waals surface area contributed by atoms with Crippen LogP contribution in [-0.4, -0.2) is 50.5 Å². The van der Waals surface area contributed by atoms with Gasteiger partial charge in [-0.25, -0.2) is 8.42 Å². The number of carbonyl (C=O) groups excluding carboxylic acids is 2. The minimum atomic E-state index is -3.74. The predicted molar refractivity (Wildman–Crippen MR) is 133 cm³/mol. The zero-order chi connectivity index (χ0) is 24.6. The molecule has 0 saturated heterocycles. The minimum absolute atomic E-state index is 0.152. The Kier molecular flexibility index (Phi) is 9.73. The molecule has 0 aliphatic rings. The second kappa shape index (κ2) is 12.0. The van der Waals surface area contributed by atoms with Crippen molar-refractivity contribution < 1.29 is 18.0 Å². The lowest BCUT2D eigenvalue weighted by Crippen LogP contribution is -2.52. The second-order valence-electron chi connectivity index (χ2n) is 7.97. The quantitative estimate of drug-likeness (QED) is 0.516. The lowest BCUT2D eigenvalue weighted by Gasteiger charge is -2.33. The number of hydrogen-bond donors (Lipinski definition) is 1. The maximum atomic E-state index is 13.5. The van der Waals surface area contributed by atoms with Crippen molar-refractivity contribution in [1.82, 2.24) is 10.2 Å². The van der Waals surface area contributed by atoms with E-state index in [-0.39, 0.29) is 12.5 Å². The monoisotopic (exact) mass is 493 g/mol. The van der Waals surface area contributed by atoms with Crippen LogP contribution in [0.3, 0.4) is 0 Å². The van der Waals surface area contributed by atoms with Crippen LogP contribution in [0, 0.1) is 6.92 Å². The van der Waals surface area contributed by atoms with E-state index in [9.17, 15) is 18.0 Å². The first-order valence-electron chi connectivity index (χ1n) is 10.9. The normalized spacial score (nSPS) is 12.2. The Balaban J connectivity index is 2.39. The molecule has 0 heterocycles. The summed E-state index contributed by atoms with van der Waals surface area (Å²) in [4.78, 5) is 27.8. The van der Waals surface area contributed by atoms with Gasteiger partial charge in [-0.3, -0.25) is 13.9 Å². The van der Waals surface area contributed by atoms with Crippen LogP contribution in [-0.2, 0) is 26.2 Å². The topological polar surface area (TPSA) is 86.8 Å². The minimum Gasteiger partial charge on any atom is -0.354 e. The third kappa shape index (κ3) is 7.75. The third-order valence-electron chi connectivity index (χ3n) is 5.20. The number of hydrogen-bond acceptors (Lipinski definition) is 4. The van der Waals surface area contributed by atoms with Gasteiger partial charge in [-0.05, 0) is 49.6 Å². The van der Waals surface area contributed by atoms with Gasteiger partial charge in [-0.15, -0.1) is 0 Å². The highest BCUT2D eigenvalue weighted by Crippen LogP contribution is 2.20. The Morgan fingerprint density at radius 1 is 1.03 bits per heavy atom. The number of benzene rings is 2. The largest absolute Gasteiger partial charge is 0.354 e. The summed E-state index contributed by atoms with van der Waals surface area (Å²) in [6.45, 7) is 5.91. The Morgan fingerprint density at radius 2 is 1.64 bits per heavy atom. The van der Waals surface area contributed by atoms with Gasteiger partial charge in [0.05, 0.1) is 11.9 Å². The van der Waals surface area contributed by atoms with Gasteiger partial charge >= 0.3 is 0 Å². The molecule has 0 unspecified atom stereocenters. The molecule has 0 aliphatic heterocycles. The molecule has 0 aliphatic carbocycles. The number of anilines is 1. The van der Waals surface area contributed by atoms with Crippen molar-refractivity contribution in [2.75, 3.05) is 23.7 Å². The molecule has 2 aromatic rings. The van der Waals surface area contributed by atoms with Crippen molar-refractivity contribution in [2.24, 2.45) is 0 Å². The van der Waals surface area contributed by atoms with E-state index >= 15 is 0 Å². The van der Waals surface area contributed by atoms with Gasteiger partial charge in [-0.2, -0.15) is 0 Å². The fourth-order valence-corrected chi connectivity index (χ4v) is 4.37. The molecule has 0 bridgehead atoms. The molecule has 1 atom stereocenters. The number of nitrogens with zero attached hydrogens (tertiary/aromatic N) is 2. The van der Waals surface area contributed by atoms with Crippen LogP contribution in [0.5, 0.6) is 0 Å². The number of halogens is 1. The lowest BCUT2D eigenvalue weighted by molar-refractivity contribution is -0.140. The molecule has 9 heteroatoms. The average molecular weight is 494 g/mol. The molecule has 0 saturated carbocycles. The Bertz CT molecular complexity index is 1040. The molecule has 7 nitrogen and oxygen atoms in total. The number of carbonyl (C=O) groups is 2. The highest BCUT2D eigenvalue weighted by Gasteiger charge is 2.31. The van der Waals surface area contributed by atoms with Gasteiger partial charge in [0, 0.05) is 18.1 Å². The standard InChI is InChI=1S/C24H32ClN3O4S/c1-5-15-26-24(30)22(6-2)27(16-19-9-11-20(25)12-10-19)23(29)17-28(33(4,31)32)21-13-7-18(3)8-14-21/h7-14,22H,5-6,15-17H2,1-4H3,(H,26,30)/t22-/m0/s1. The lowest BCUT2D eigenvalue weighted by atomic mass is 10.1. The summed E-state index contributed by atoms with van der Waals surface area (Å²) in [6, 6.07) is 13.2. The first-order chi connectivity index (χ1) is 15.6. The van der Waals surface area contributed by atoms with Crippen molar-refractivity contribution >= 4 is 39.1 Å². The summed E-state index contributed by atoms with van der Waals surface area (Å²) in [5.41, 5.74) is 2.16. The number of nitrogens with one attached hydrogen (secondary N) is 1. The van der Waals surface area contributed by atoms with Gasteiger partial charge < -0.3 is 10.2 Å². The van der Waals surface area contributed by atoms with Crippen molar-refractivity contribution in [3.05, 3.63) is 64.7 Å². The second-order valence-corrected chi connectivity index (χ2v) is 10.3. The molecule has 2 rings (SSSR count). The summed E-state index contributed by atoms with van der Waals surface area (Å²) < 4.78 is 26.2. The molecule has 0 spiro atoms. The predicted octanol–water partition coefficient (Wildman–Crippen LogP) is 3.75. The third-order valence-corrected chi connectivity index (χ3v) is 6.60. The summed E-state index contributed by atoms with van der Waals surface area (Å²) >= 11 is 5.99. The van der Waals surface area contributed by atoms with E-state index in [2.05, 4.69) is 5.32 Å². The van der Waals surface area contributed by atoms with Crippen molar-refractivity contribution in [3.63, 3.8) is 0 Å². The van der Waals surface area contributed by atoms with Gasteiger partial charge in [0.25, 0.3) is 0 Å². The molecular formula is C24H32ClN3O4S. The summed E-state index contributed by atoms with van der Waals surface area (Å²) in [5.74, 6) is -0.725. The van der Waals surface area contributed by atoms with Crippen LogP contribution in [0.4, 0.5) is 5.69 Å². The van der Waals surface area contributed by atoms with Gasteiger partial charge in [0.2, 0.25) is 21.8 Å². The maximum Gasteiger partial charge on any atom is 0.244 e. The highest BCUT2D eigenvalue weighted by atomic mass is 35.5.